The van der Waals surface area contributed by atoms with Crippen molar-refractivity contribution in [3.8, 4) is 0 Å². The first-order valence-electron chi connectivity index (χ1n) is 8.57. The molecule has 1 aliphatic carbocycles. The van der Waals surface area contributed by atoms with Gasteiger partial charge >= 0.3 is 0 Å². The summed E-state index contributed by atoms with van der Waals surface area (Å²) in [6, 6.07) is 1.15. The van der Waals surface area contributed by atoms with Crippen molar-refractivity contribution in [2.24, 2.45) is 11.8 Å². The van der Waals surface area contributed by atoms with E-state index < -0.39 is 0 Å². The zero-order chi connectivity index (χ0) is 13.8. The van der Waals surface area contributed by atoms with Crippen LogP contribution in [0.2, 0.25) is 0 Å². The number of aliphatic hydroxyl groups is 1. The molecule has 1 N–H and O–H groups in total. The predicted molar refractivity (Wildman–Crippen MR) is 81.2 cm³/mol. The van der Waals surface area contributed by atoms with Crippen LogP contribution in [0.3, 0.4) is 0 Å². The quantitative estimate of drug-likeness (QED) is 0.840. The molecular formula is C17H33NO. The summed E-state index contributed by atoms with van der Waals surface area (Å²) >= 11 is 0. The SMILES string of the molecule is CCC1CCCCCN1C1CC(C(C)C)CCC1O. The van der Waals surface area contributed by atoms with Gasteiger partial charge in [0.2, 0.25) is 0 Å². The minimum absolute atomic E-state index is 0.0813. The van der Waals surface area contributed by atoms with Crippen LogP contribution in [0.1, 0.15) is 72.1 Å². The van der Waals surface area contributed by atoms with Crippen LogP contribution in [-0.4, -0.2) is 34.7 Å². The highest BCUT2D eigenvalue weighted by Gasteiger charge is 2.36. The molecule has 2 fully saturated rings. The number of aliphatic hydroxyl groups excluding tert-OH is 1. The van der Waals surface area contributed by atoms with Crippen LogP contribution in [-0.2, 0) is 0 Å². The highest BCUT2D eigenvalue weighted by atomic mass is 16.3. The average Bonchev–Trinajstić information content (AvgIpc) is 2.64. The van der Waals surface area contributed by atoms with E-state index in [0.717, 1.165) is 18.3 Å². The summed E-state index contributed by atoms with van der Waals surface area (Å²) in [7, 11) is 0. The molecule has 112 valence electrons. The van der Waals surface area contributed by atoms with Gasteiger partial charge in [-0.15, -0.1) is 0 Å². The summed E-state index contributed by atoms with van der Waals surface area (Å²) in [4.78, 5) is 2.69. The normalized spacial score (nSPS) is 38.4. The Morgan fingerprint density at radius 1 is 1.11 bits per heavy atom. The van der Waals surface area contributed by atoms with Gasteiger partial charge in [0.1, 0.15) is 0 Å². The van der Waals surface area contributed by atoms with E-state index >= 15 is 0 Å². The van der Waals surface area contributed by atoms with Crippen molar-refractivity contribution in [1.82, 2.24) is 4.90 Å². The lowest BCUT2D eigenvalue weighted by Gasteiger charge is -2.44. The number of likely N-dealkylation sites (tertiary alicyclic amines) is 1. The highest BCUT2D eigenvalue weighted by molar-refractivity contribution is 4.91. The Balaban J connectivity index is 2.06. The van der Waals surface area contributed by atoms with Crippen LogP contribution in [0.25, 0.3) is 0 Å². The Labute approximate surface area is 119 Å². The molecule has 4 unspecified atom stereocenters. The van der Waals surface area contributed by atoms with Gasteiger partial charge < -0.3 is 5.11 Å². The average molecular weight is 267 g/mol. The number of hydrogen-bond acceptors (Lipinski definition) is 2. The Bertz CT molecular complexity index is 266. The molecule has 2 rings (SSSR count). The summed E-state index contributed by atoms with van der Waals surface area (Å²) in [6.07, 6.45) is 10.0. The number of nitrogens with zero attached hydrogens (tertiary/aromatic N) is 1. The molecule has 2 heteroatoms. The van der Waals surface area contributed by atoms with Crippen molar-refractivity contribution in [1.29, 1.82) is 0 Å². The largest absolute Gasteiger partial charge is 0.391 e. The fourth-order valence-corrected chi connectivity index (χ4v) is 4.20. The first kappa shape index (κ1) is 15.3. The summed E-state index contributed by atoms with van der Waals surface area (Å²) in [5, 5.41) is 10.5. The van der Waals surface area contributed by atoms with Gasteiger partial charge in [0.05, 0.1) is 6.10 Å². The topological polar surface area (TPSA) is 23.5 Å². The second kappa shape index (κ2) is 7.08. The highest BCUT2D eigenvalue weighted by Crippen LogP contribution is 2.35. The van der Waals surface area contributed by atoms with Crippen LogP contribution < -0.4 is 0 Å². The zero-order valence-corrected chi connectivity index (χ0v) is 13.1. The van der Waals surface area contributed by atoms with Gasteiger partial charge in [-0.05, 0) is 56.9 Å². The maximum absolute atomic E-state index is 10.5. The van der Waals surface area contributed by atoms with E-state index in [1.165, 1.54) is 51.5 Å². The molecule has 1 heterocycles. The van der Waals surface area contributed by atoms with E-state index in [-0.39, 0.29) is 6.10 Å². The molecule has 4 atom stereocenters. The molecule has 2 aliphatic rings. The molecule has 0 aromatic carbocycles. The second-order valence-corrected chi connectivity index (χ2v) is 7.10. The molecule has 0 bridgehead atoms. The summed E-state index contributed by atoms with van der Waals surface area (Å²) in [6.45, 7) is 8.22. The molecular weight excluding hydrogens is 234 g/mol. The lowest BCUT2D eigenvalue weighted by molar-refractivity contribution is -0.0226. The lowest BCUT2D eigenvalue weighted by Crippen LogP contribution is -2.52. The Morgan fingerprint density at radius 3 is 2.58 bits per heavy atom. The molecule has 0 spiro atoms. The molecule has 0 amide bonds. The standard InChI is InChI=1S/C17H33NO/c1-4-15-8-6-5-7-11-18(15)16-12-14(13(2)3)9-10-17(16)19/h13-17,19H,4-12H2,1-3H3. The van der Waals surface area contributed by atoms with Gasteiger partial charge in [-0.1, -0.05) is 33.6 Å². The van der Waals surface area contributed by atoms with Crippen LogP contribution in [0, 0.1) is 11.8 Å². The summed E-state index contributed by atoms with van der Waals surface area (Å²) < 4.78 is 0. The second-order valence-electron chi connectivity index (χ2n) is 7.10. The fourth-order valence-electron chi connectivity index (χ4n) is 4.20. The third kappa shape index (κ3) is 3.72. The fraction of sp³-hybridized carbons (Fsp3) is 1.00. The number of rotatable bonds is 3. The van der Waals surface area contributed by atoms with E-state index in [0.29, 0.717) is 12.1 Å². The van der Waals surface area contributed by atoms with Crippen LogP contribution in [0.4, 0.5) is 0 Å². The van der Waals surface area contributed by atoms with Gasteiger partial charge in [-0.25, -0.2) is 0 Å². The smallest absolute Gasteiger partial charge is 0.0695 e. The monoisotopic (exact) mass is 267 g/mol. The van der Waals surface area contributed by atoms with E-state index in [1.807, 2.05) is 0 Å². The molecule has 0 radical (unpaired) electrons. The first-order valence-corrected chi connectivity index (χ1v) is 8.57. The summed E-state index contributed by atoms with van der Waals surface area (Å²) in [5.41, 5.74) is 0. The minimum atomic E-state index is -0.0813. The van der Waals surface area contributed by atoms with Crippen molar-refractivity contribution in [3.05, 3.63) is 0 Å². The molecule has 1 saturated heterocycles. The van der Waals surface area contributed by atoms with Crippen LogP contribution in [0.15, 0.2) is 0 Å². The van der Waals surface area contributed by atoms with Gasteiger partial charge in [0.25, 0.3) is 0 Å². The molecule has 0 aromatic heterocycles. The predicted octanol–water partition coefficient (Wildman–Crippen LogP) is 3.83. The van der Waals surface area contributed by atoms with Gasteiger partial charge in [0.15, 0.2) is 0 Å². The van der Waals surface area contributed by atoms with Gasteiger partial charge in [-0.2, -0.15) is 0 Å². The van der Waals surface area contributed by atoms with Gasteiger partial charge in [0, 0.05) is 12.1 Å². The van der Waals surface area contributed by atoms with E-state index in [9.17, 15) is 5.11 Å². The molecule has 19 heavy (non-hydrogen) atoms. The van der Waals surface area contributed by atoms with Gasteiger partial charge in [-0.3, -0.25) is 4.90 Å². The van der Waals surface area contributed by atoms with Crippen molar-refractivity contribution in [3.63, 3.8) is 0 Å². The van der Waals surface area contributed by atoms with Crippen LogP contribution in [0.5, 0.6) is 0 Å². The van der Waals surface area contributed by atoms with Crippen molar-refractivity contribution in [2.75, 3.05) is 6.54 Å². The Hall–Kier alpha value is -0.0800. The first-order chi connectivity index (χ1) is 9.13. The number of hydrogen-bond donors (Lipinski definition) is 1. The zero-order valence-electron chi connectivity index (χ0n) is 13.1. The molecule has 1 saturated carbocycles. The van der Waals surface area contributed by atoms with E-state index in [2.05, 4.69) is 25.7 Å². The van der Waals surface area contributed by atoms with Crippen molar-refractivity contribution < 1.29 is 5.11 Å². The Morgan fingerprint density at radius 2 is 1.89 bits per heavy atom. The van der Waals surface area contributed by atoms with Crippen molar-refractivity contribution >= 4 is 0 Å². The molecule has 1 aliphatic heterocycles. The van der Waals surface area contributed by atoms with E-state index in [4.69, 9.17) is 0 Å². The Kier molecular flexibility index (Phi) is 5.70. The van der Waals surface area contributed by atoms with Crippen molar-refractivity contribution in [2.45, 2.75) is 90.3 Å². The third-order valence-electron chi connectivity index (χ3n) is 5.58. The summed E-state index contributed by atoms with van der Waals surface area (Å²) in [5.74, 6) is 1.58. The molecule has 0 aromatic rings. The maximum Gasteiger partial charge on any atom is 0.0695 e. The lowest BCUT2D eigenvalue weighted by atomic mass is 9.77. The maximum atomic E-state index is 10.5. The minimum Gasteiger partial charge on any atom is -0.391 e. The molecule has 2 nitrogen and oxygen atoms in total. The third-order valence-corrected chi connectivity index (χ3v) is 5.58. The van der Waals surface area contributed by atoms with E-state index in [1.54, 1.807) is 0 Å². The van der Waals surface area contributed by atoms with Crippen LogP contribution >= 0.6 is 0 Å².